The lowest BCUT2D eigenvalue weighted by Gasteiger charge is -2.17. The Balaban J connectivity index is 2.09. The molecule has 3 aromatic rings. The van der Waals surface area contributed by atoms with Gasteiger partial charge in [0.05, 0.1) is 5.69 Å². The molecule has 1 heterocycles. The zero-order valence-electron chi connectivity index (χ0n) is 13.4. The van der Waals surface area contributed by atoms with Crippen molar-refractivity contribution in [1.29, 1.82) is 0 Å². The predicted molar refractivity (Wildman–Crippen MR) is 98.0 cm³/mol. The number of nitrogens with zero attached hydrogens (tertiary/aromatic N) is 1. The number of halogens is 1. The van der Waals surface area contributed by atoms with E-state index in [1.165, 1.54) is 5.56 Å². The van der Waals surface area contributed by atoms with Crippen LogP contribution in [0.5, 0.6) is 0 Å². The fraction of sp³-hybridized carbons (Fsp3) is 0.200. The van der Waals surface area contributed by atoms with Crippen LogP contribution in [0.25, 0.3) is 11.3 Å². The molecule has 0 aliphatic rings. The molecule has 0 aliphatic heterocycles. The van der Waals surface area contributed by atoms with E-state index >= 15 is 0 Å². The lowest BCUT2D eigenvalue weighted by atomic mass is 9.85. The van der Waals surface area contributed by atoms with Crippen LogP contribution in [-0.4, -0.2) is 11.4 Å². The van der Waals surface area contributed by atoms with Gasteiger partial charge in [0.1, 0.15) is 6.29 Å². The number of rotatable bonds is 6. The van der Waals surface area contributed by atoms with Crippen molar-refractivity contribution in [2.24, 2.45) is 0 Å². The van der Waals surface area contributed by atoms with Gasteiger partial charge >= 0.3 is 0 Å². The lowest BCUT2D eigenvalue weighted by Crippen LogP contribution is -2.04. The quantitative estimate of drug-likeness (QED) is 0.526. The Morgan fingerprint density at radius 2 is 1.83 bits per heavy atom. The van der Waals surface area contributed by atoms with E-state index in [9.17, 15) is 4.79 Å². The Hall–Kier alpha value is -2.20. The molecule has 0 radical (unpaired) electrons. The molecule has 1 aromatic heterocycles. The third-order valence-electron chi connectivity index (χ3n) is 4.14. The van der Waals surface area contributed by atoms with Gasteiger partial charge in [-0.2, -0.15) is 0 Å². The van der Waals surface area contributed by atoms with Gasteiger partial charge in [0.25, 0.3) is 0 Å². The Labute approximate surface area is 149 Å². The molecular formula is C20H18BrNO2. The van der Waals surface area contributed by atoms with Gasteiger partial charge in [-0.05, 0) is 31.0 Å². The summed E-state index contributed by atoms with van der Waals surface area (Å²) >= 11 is 3.46. The highest BCUT2D eigenvalue weighted by Gasteiger charge is 2.24. The maximum absolute atomic E-state index is 10.9. The summed E-state index contributed by atoms with van der Waals surface area (Å²) in [5.74, 6) is 0.862. The zero-order valence-corrected chi connectivity index (χ0v) is 15.0. The lowest BCUT2D eigenvalue weighted by molar-refractivity contribution is -0.107. The third kappa shape index (κ3) is 3.49. The average Bonchev–Trinajstić information content (AvgIpc) is 2.99. The largest absolute Gasteiger partial charge is 0.356 e. The Bertz CT molecular complexity index is 809. The molecule has 0 bridgehead atoms. The second-order valence-electron chi connectivity index (χ2n) is 5.72. The van der Waals surface area contributed by atoms with Gasteiger partial charge in [-0.3, -0.25) is 0 Å². The van der Waals surface area contributed by atoms with E-state index in [1.807, 2.05) is 49.4 Å². The van der Waals surface area contributed by atoms with E-state index in [0.29, 0.717) is 6.42 Å². The van der Waals surface area contributed by atoms with Crippen molar-refractivity contribution in [2.75, 3.05) is 0 Å². The highest BCUT2D eigenvalue weighted by molar-refractivity contribution is 9.10. The highest BCUT2D eigenvalue weighted by atomic mass is 79.9. The van der Waals surface area contributed by atoms with Gasteiger partial charge in [-0.15, -0.1) is 0 Å². The summed E-state index contributed by atoms with van der Waals surface area (Å²) in [4.78, 5) is 10.9. The monoisotopic (exact) mass is 383 g/mol. The first-order chi connectivity index (χ1) is 11.7. The van der Waals surface area contributed by atoms with E-state index in [2.05, 4.69) is 33.2 Å². The topological polar surface area (TPSA) is 43.1 Å². The predicted octanol–water partition coefficient (Wildman–Crippen LogP) is 5.52. The summed E-state index contributed by atoms with van der Waals surface area (Å²) in [6.45, 7) is 1.96. The van der Waals surface area contributed by atoms with Crippen molar-refractivity contribution in [3.05, 3.63) is 75.9 Å². The molecule has 2 aromatic carbocycles. The minimum atomic E-state index is 0.0845. The zero-order chi connectivity index (χ0) is 16.9. The highest BCUT2D eigenvalue weighted by Crippen LogP contribution is 2.38. The Morgan fingerprint density at radius 1 is 1.12 bits per heavy atom. The molecule has 3 nitrogen and oxygen atoms in total. The summed E-state index contributed by atoms with van der Waals surface area (Å²) in [6, 6.07) is 18.2. The summed E-state index contributed by atoms with van der Waals surface area (Å²) < 4.78 is 6.67. The molecule has 0 saturated carbocycles. The van der Waals surface area contributed by atoms with Crippen molar-refractivity contribution < 1.29 is 9.32 Å². The molecule has 122 valence electrons. The van der Waals surface area contributed by atoms with Gasteiger partial charge in [-0.25, -0.2) is 0 Å². The number of carbonyl (C=O) groups excluding carboxylic acids is 1. The van der Waals surface area contributed by atoms with Crippen molar-refractivity contribution in [3.8, 4) is 11.3 Å². The van der Waals surface area contributed by atoms with Crippen LogP contribution >= 0.6 is 15.9 Å². The van der Waals surface area contributed by atoms with Crippen LogP contribution in [0.1, 0.15) is 35.6 Å². The third-order valence-corrected chi connectivity index (χ3v) is 4.67. The molecule has 3 rings (SSSR count). The Kier molecular flexibility index (Phi) is 5.26. The second-order valence-corrected chi connectivity index (χ2v) is 6.64. The molecular weight excluding hydrogens is 366 g/mol. The van der Waals surface area contributed by atoms with Crippen LogP contribution < -0.4 is 0 Å². The molecule has 24 heavy (non-hydrogen) atoms. The van der Waals surface area contributed by atoms with Crippen LogP contribution in [0.2, 0.25) is 0 Å². The summed E-state index contributed by atoms with van der Waals surface area (Å²) in [6.07, 6.45) is 2.21. The van der Waals surface area contributed by atoms with Crippen LogP contribution in [0, 0.1) is 6.92 Å². The Morgan fingerprint density at radius 3 is 2.50 bits per heavy atom. The van der Waals surface area contributed by atoms with Crippen LogP contribution in [0.4, 0.5) is 0 Å². The van der Waals surface area contributed by atoms with E-state index < -0.39 is 0 Å². The van der Waals surface area contributed by atoms with Gasteiger partial charge in [0.2, 0.25) is 0 Å². The molecule has 0 aliphatic carbocycles. The maximum atomic E-state index is 10.9. The maximum Gasteiger partial charge on any atom is 0.170 e. The first-order valence-electron chi connectivity index (χ1n) is 7.91. The number of benzene rings is 2. The number of carbonyl (C=O) groups is 1. The van der Waals surface area contributed by atoms with Crippen LogP contribution in [0.3, 0.4) is 0 Å². The van der Waals surface area contributed by atoms with E-state index in [-0.39, 0.29) is 5.92 Å². The number of hydrogen-bond acceptors (Lipinski definition) is 3. The summed E-state index contributed by atoms with van der Waals surface area (Å²) in [7, 11) is 0. The van der Waals surface area contributed by atoms with E-state index in [1.54, 1.807) is 0 Å². The molecule has 1 atom stereocenters. The number of aromatic nitrogens is 1. The molecule has 1 unspecified atom stereocenters. The molecule has 4 heteroatoms. The summed E-state index contributed by atoms with van der Waals surface area (Å²) in [5.41, 5.74) is 4.09. The SMILES string of the molecule is Cc1noc(-c2ccc(Br)cc2)c1C(CCC=O)c1ccccc1. The molecule has 0 fully saturated rings. The number of hydrogen-bond donors (Lipinski definition) is 0. The molecule has 0 N–H and O–H groups in total. The van der Waals surface area contributed by atoms with Gasteiger partial charge in [-0.1, -0.05) is 63.6 Å². The van der Waals surface area contributed by atoms with Crippen LogP contribution in [-0.2, 0) is 4.79 Å². The first-order valence-corrected chi connectivity index (χ1v) is 8.70. The molecule has 0 saturated heterocycles. The smallest absolute Gasteiger partial charge is 0.170 e. The molecule has 0 amide bonds. The fourth-order valence-electron chi connectivity index (χ4n) is 2.99. The van der Waals surface area contributed by atoms with Gasteiger partial charge in [0.15, 0.2) is 5.76 Å². The average molecular weight is 384 g/mol. The number of aryl methyl sites for hydroxylation is 1. The van der Waals surface area contributed by atoms with Crippen molar-refractivity contribution >= 4 is 22.2 Å². The first kappa shape index (κ1) is 16.7. The minimum Gasteiger partial charge on any atom is -0.356 e. The van der Waals surface area contributed by atoms with Crippen molar-refractivity contribution in [2.45, 2.75) is 25.7 Å². The summed E-state index contributed by atoms with van der Waals surface area (Å²) in [5, 5.41) is 4.19. The van der Waals surface area contributed by atoms with Gasteiger partial charge < -0.3 is 9.32 Å². The van der Waals surface area contributed by atoms with Crippen molar-refractivity contribution in [1.82, 2.24) is 5.16 Å². The van der Waals surface area contributed by atoms with E-state index in [0.717, 1.165) is 39.8 Å². The minimum absolute atomic E-state index is 0.0845. The van der Waals surface area contributed by atoms with Crippen molar-refractivity contribution in [3.63, 3.8) is 0 Å². The fourth-order valence-corrected chi connectivity index (χ4v) is 3.26. The normalized spacial score (nSPS) is 12.1. The van der Waals surface area contributed by atoms with Gasteiger partial charge in [0, 0.05) is 27.9 Å². The second kappa shape index (κ2) is 7.58. The standard InChI is InChI=1S/C20H18BrNO2/c1-14-19(18(8-5-13-23)15-6-3-2-4-7-15)20(24-22-14)16-9-11-17(21)12-10-16/h2-4,6-7,9-13,18H,5,8H2,1H3. The molecule has 0 spiro atoms. The number of aldehydes is 1. The van der Waals surface area contributed by atoms with E-state index in [4.69, 9.17) is 4.52 Å². The van der Waals surface area contributed by atoms with Crippen LogP contribution in [0.15, 0.2) is 63.6 Å².